The van der Waals surface area contributed by atoms with Crippen molar-refractivity contribution < 1.29 is 14.3 Å². The number of rotatable bonds is 5. The highest BCUT2D eigenvalue weighted by Crippen LogP contribution is 2.33. The number of anilines is 1. The van der Waals surface area contributed by atoms with Gasteiger partial charge in [0.15, 0.2) is 0 Å². The lowest BCUT2D eigenvalue weighted by atomic mass is 9.83. The highest BCUT2D eigenvalue weighted by atomic mass is 79.9. The van der Waals surface area contributed by atoms with Crippen LogP contribution in [0.15, 0.2) is 24.3 Å². The molecule has 0 saturated carbocycles. The second-order valence-corrected chi connectivity index (χ2v) is 5.80. The lowest BCUT2D eigenvalue weighted by Crippen LogP contribution is -2.36. The lowest BCUT2D eigenvalue weighted by Gasteiger charge is -2.35. The maximum absolute atomic E-state index is 11.0. The van der Waals surface area contributed by atoms with Gasteiger partial charge in [-0.1, -0.05) is 15.9 Å². The number of carbonyl (C=O) groups excluding carboxylic acids is 1. The number of benzene rings is 1. The number of hydrogen-bond donors (Lipinski definition) is 1. The molecule has 0 spiro atoms. The third kappa shape index (κ3) is 4.21. The molecule has 1 aromatic rings. The number of hydrogen-bond acceptors (Lipinski definition) is 3. The zero-order valence-electron chi connectivity index (χ0n) is 11.7. The molecule has 0 aliphatic carbocycles. The second-order valence-electron chi connectivity index (χ2n) is 5.24. The fourth-order valence-corrected chi connectivity index (χ4v) is 2.92. The van der Waals surface area contributed by atoms with Gasteiger partial charge in [-0.15, -0.1) is 0 Å². The van der Waals surface area contributed by atoms with E-state index < -0.39 is 0 Å². The minimum absolute atomic E-state index is 0.0703. The van der Waals surface area contributed by atoms with E-state index in [1.54, 1.807) is 0 Å². The molecule has 0 aromatic heterocycles. The van der Waals surface area contributed by atoms with E-state index in [4.69, 9.17) is 9.47 Å². The van der Waals surface area contributed by atoms with Crippen LogP contribution in [-0.2, 0) is 9.53 Å². The van der Waals surface area contributed by atoms with Gasteiger partial charge < -0.3 is 14.8 Å². The van der Waals surface area contributed by atoms with Gasteiger partial charge in [-0.25, -0.2) is 0 Å². The zero-order valence-corrected chi connectivity index (χ0v) is 13.2. The molecule has 1 aromatic carbocycles. The maximum Gasteiger partial charge on any atom is 0.221 e. The third-order valence-electron chi connectivity index (χ3n) is 3.56. The quantitative estimate of drug-likeness (QED) is 0.836. The number of alkyl halides is 1. The van der Waals surface area contributed by atoms with Crippen molar-refractivity contribution in [2.45, 2.75) is 19.8 Å². The van der Waals surface area contributed by atoms with Crippen LogP contribution >= 0.6 is 15.9 Å². The first kappa shape index (κ1) is 15.3. The molecule has 5 heteroatoms. The summed E-state index contributed by atoms with van der Waals surface area (Å²) in [5.41, 5.74) is 0.945. The van der Waals surface area contributed by atoms with E-state index in [2.05, 4.69) is 21.2 Å². The van der Waals surface area contributed by atoms with Gasteiger partial charge in [0.05, 0.1) is 6.61 Å². The molecule has 1 saturated heterocycles. The Morgan fingerprint density at radius 3 is 2.55 bits per heavy atom. The van der Waals surface area contributed by atoms with Crippen molar-refractivity contribution in [3.63, 3.8) is 0 Å². The molecule has 1 aliphatic rings. The Morgan fingerprint density at radius 2 is 2.00 bits per heavy atom. The minimum atomic E-state index is -0.0703. The summed E-state index contributed by atoms with van der Waals surface area (Å²) in [4.78, 5) is 11.0. The molecule has 4 nitrogen and oxygen atoms in total. The van der Waals surface area contributed by atoms with Crippen LogP contribution in [0.3, 0.4) is 0 Å². The Balaban J connectivity index is 1.91. The summed E-state index contributed by atoms with van der Waals surface area (Å²) >= 11 is 3.60. The molecule has 1 fully saturated rings. The number of ether oxygens (including phenoxy) is 2. The van der Waals surface area contributed by atoms with Crippen LogP contribution in [-0.4, -0.2) is 31.1 Å². The molecule has 1 amide bonds. The van der Waals surface area contributed by atoms with Crippen LogP contribution < -0.4 is 10.1 Å². The van der Waals surface area contributed by atoms with Crippen LogP contribution in [0.5, 0.6) is 5.75 Å². The molecule has 1 heterocycles. The molecule has 1 aliphatic heterocycles. The largest absolute Gasteiger partial charge is 0.493 e. The van der Waals surface area contributed by atoms with Crippen LogP contribution in [0.25, 0.3) is 0 Å². The van der Waals surface area contributed by atoms with Crippen LogP contribution in [0.4, 0.5) is 5.69 Å². The zero-order chi connectivity index (χ0) is 14.4. The number of nitrogens with one attached hydrogen (secondary N) is 1. The van der Waals surface area contributed by atoms with Gasteiger partial charge in [-0.2, -0.15) is 0 Å². The van der Waals surface area contributed by atoms with Crippen molar-refractivity contribution >= 4 is 27.5 Å². The summed E-state index contributed by atoms with van der Waals surface area (Å²) in [7, 11) is 0. The van der Waals surface area contributed by atoms with Gasteiger partial charge in [-0.3, -0.25) is 4.79 Å². The molecular weight excluding hydrogens is 322 g/mol. The second kappa shape index (κ2) is 7.09. The average molecular weight is 342 g/mol. The van der Waals surface area contributed by atoms with Gasteiger partial charge in [0.2, 0.25) is 5.91 Å². The van der Waals surface area contributed by atoms with Crippen LogP contribution in [0.1, 0.15) is 19.8 Å². The number of amides is 1. The normalized spacial score (nSPS) is 17.5. The lowest BCUT2D eigenvalue weighted by molar-refractivity contribution is -0.114. The monoisotopic (exact) mass is 341 g/mol. The van der Waals surface area contributed by atoms with E-state index in [0.29, 0.717) is 6.61 Å². The SMILES string of the molecule is CC(=O)Nc1ccc(OCC2(CBr)CCOCC2)cc1. The van der Waals surface area contributed by atoms with Crippen molar-refractivity contribution in [1.82, 2.24) is 0 Å². The summed E-state index contributed by atoms with van der Waals surface area (Å²) in [6, 6.07) is 7.46. The first-order chi connectivity index (χ1) is 9.63. The molecule has 1 N–H and O–H groups in total. The smallest absolute Gasteiger partial charge is 0.221 e. The molecule has 20 heavy (non-hydrogen) atoms. The molecule has 0 atom stereocenters. The minimum Gasteiger partial charge on any atom is -0.493 e. The van der Waals surface area contributed by atoms with Gasteiger partial charge in [0.25, 0.3) is 0 Å². The predicted molar refractivity (Wildman–Crippen MR) is 82.5 cm³/mol. The van der Waals surface area contributed by atoms with E-state index in [0.717, 1.165) is 42.8 Å². The van der Waals surface area contributed by atoms with E-state index >= 15 is 0 Å². The average Bonchev–Trinajstić information content (AvgIpc) is 2.47. The van der Waals surface area contributed by atoms with Crippen molar-refractivity contribution in [2.24, 2.45) is 5.41 Å². The Hall–Kier alpha value is -1.07. The topological polar surface area (TPSA) is 47.6 Å². The Kier molecular flexibility index (Phi) is 5.43. The van der Waals surface area contributed by atoms with E-state index in [-0.39, 0.29) is 11.3 Å². The summed E-state index contributed by atoms with van der Waals surface area (Å²) in [6.45, 7) is 3.78. The summed E-state index contributed by atoms with van der Waals surface area (Å²) in [5.74, 6) is 0.755. The summed E-state index contributed by atoms with van der Waals surface area (Å²) < 4.78 is 11.3. The highest BCUT2D eigenvalue weighted by molar-refractivity contribution is 9.09. The maximum atomic E-state index is 11.0. The van der Waals surface area contributed by atoms with Crippen molar-refractivity contribution in [2.75, 3.05) is 30.5 Å². The Bertz CT molecular complexity index is 441. The Morgan fingerprint density at radius 1 is 1.35 bits per heavy atom. The summed E-state index contributed by atoms with van der Waals surface area (Å²) in [5, 5.41) is 3.66. The van der Waals surface area contributed by atoms with Crippen LogP contribution in [0.2, 0.25) is 0 Å². The fourth-order valence-electron chi connectivity index (χ4n) is 2.20. The van der Waals surface area contributed by atoms with E-state index in [9.17, 15) is 4.79 Å². The molecule has 0 unspecified atom stereocenters. The fraction of sp³-hybridized carbons (Fsp3) is 0.533. The van der Waals surface area contributed by atoms with E-state index in [1.807, 2.05) is 24.3 Å². The third-order valence-corrected chi connectivity index (χ3v) is 4.75. The highest BCUT2D eigenvalue weighted by Gasteiger charge is 2.32. The standard InChI is InChI=1S/C15H20BrNO3/c1-12(18)17-13-2-4-14(5-3-13)20-11-15(10-16)6-8-19-9-7-15/h2-5H,6-11H2,1H3,(H,17,18). The first-order valence-electron chi connectivity index (χ1n) is 6.78. The number of carbonyl (C=O) groups is 1. The predicted octanol–water partition coefficient (Wildman–Crippen LogP) is 3.22. The summed E-state index contributed by atoms with van der Waals surface area (Å²) in [6.07, 6.45) is 2.03. The Labute approximate surface area is 128 Å². The van der Waals surface area contributed by atoms with Crippen molar-refractivity contribution in [3.05, 3.63) is 24.3 Å². The van der Waals surface area contributed by atoms with Gasteiger partial charge >= 0.3 is 0 Å². The molecule has 0 bridgehead atoms. The molecule has 0 radical (unpaired) electrons. The van der Waals surface area contributed by atoms with Crippen molar-refractivity contribution in [1.29, 1.82) is 0 Å². The molecular formula is C15H20BrNO3. The van der Waals surface area contributed by atoms with Gasteiger partial charge in [0.1, 0.15) is 5.75 Å². The number of halogens is 1. The first-order valence-corrected chi connectivity index (χ1v) is 7.90. The van der Waals surface area contributed by atoms with Crippen LogP contribution in [0, 0.1) is 5.41 Å². The van der Waals surface area contributed by atoms with Gasteiger partial charge in [-0.05, 0) is 37.1 Å². The van der Waals surface area contributed by atoms with Gasteiger partial charge in [0, 0.05) is 36.6 Å². The molecule has 110 valence electrons. The van der Waals surface area contributed by atoms with Crippen molar-refractivity contribution in [3.8, 4) is 5.75 Å². The molecule has 2 rings (SSSR count). The van der Waals surface area contributed by atoms with E-state index in [1.165, 1.54) is 6.92 Å².